The van der Waals surface area contributed by atoms with Gasteiger partial charge in [-0.2, -0.15) is 0 Å². The summed E-state index contributed by atoms with van der Waals surface area (Å²) >= 11 is 0. The predicted octanol–water partition coefficient (Wildman–Crippen LogP) is -0.564. The topological polar surface area (TPSA) is 52.5 Å². The molecule has 3 rings (SSSR count). The largest absolute Gasteiger partial charge is 0.617 e. The summed E-state index contributed by atoms with van der Waals surface area (Å²) in [4.78, 5) is 0. The molecule has 3 saturated heterocycles. The van der Waals surface area contributed by atoms with Gasteiger partial charge < -0.3 is 19.4 Å². The van der Waals surface area contributed by atoms with E-state index in [4.69, 9.17) is 0 Å². The fourth-order valence-corrected chi connectivity index (χ4v) is 2.86. The average Bonchev–Trinajstić information content (AvgIpc) is 2.27. The van der Waals surface area contributed by atoms with Crippen LogP contribution < -0.4 is 5.11 Å². The molecule has 86 valence electrons. The minimum Gasteiger partial charge on any atom is -0.617 e. The first-order chi connectivity index (χ1) is 7.15. The molecule has 1 N–H and O–H groups in total. The number of nitrogens with zero attached hydrogens (tertiary/aromatic N) is 1. The Kier molecular flexibility index (Phi) is 2.89. The number of aliphatic hydroxyl groups excluding tert-OH is 1. The van der Waals surface area contributed by atoms with Crippen LogP contribution in [0.25, 0.3) is 0 Å². The van der Waals surface area contributed by atoms with E-state index in [-0.39, 0.29) is 12.0 Å². The zero-order chi connectivity index (χ0) is 10.9. The molecule has 3 aliphatic rings. The van der Waals surface area contributed by atoms with Crippen molar-refractivity contribution >= 4 is 0 Å². The first-order valence-electron chi connectivity index (χ1n) is 5.59. The summed E-state index contributed by atoms with van der Waals surface area (Å²) in [6.07, 6.45) is 3.63. The standard InChI is InChI=1S/C11H19NO3/c1-15-11(14)4-7-12-5-2-9(3-6-12)10(13)8-12/h4,9-10,13H,2-3,5-8H2,1H3/b11-4-. The van der Waals surface area contributed by atoms with Crippen molar-refractivity contribution < 1.29 is 19.4 Å². The van der Waals surface area contributed by atoms with Gasteiger partial charge in [0.15, 0.2) is 0 Å². The van der Waals surface area contributed by atoms with Gasteiger partial charge in [-0.1, -0.05) is 0 Å². The zero-order valence-electron chi connectivity index (χ0n) is 9.19. The third kappa shape index (κ3) is 2.11. The summed E-state index contributed by atoms with van der Waals surface area (Å²) in [5, 5.41) is 20.9. The molecule has 2 bridgehead atoms. The molecule has 0 spiro atoms. The van der Waals surface area contributed by atoms with Crippen LogP contribution >= 0.6 is 0 Å². The van der Waals surface area contributed by atoms with Gasteiger partial charge in [-0.05, 0) is 13.2 Å². The molecule has 0 aliphatic carbocycles. The molecule has 15 heavy (non-hydrogen) atoms. The Hall–Kier alpha value is -0.740. The van der Waals surface area contributed by atoms with Crippen LogP contribution in [0.15, 0.2) is 12.0 Å². The Balaban J connectivity index is 2.00. The van der Waals surface area contributed by atoms with Crippen molar-refractivity contribution in [2.24, 2.45) is 5.92 Å². The lowest BCUT2D eigenvalue weighted by Gasteiger charge is -2.51. The third-order valence-electron chi connectivity index (χ3n) is 3.91. The molecule has 4 heteroatoms. The smallest absolute Gasteiger partial charge is 0.106 e. The van der Waals surface area contributed by atoms with Crippen molar-refractivity contribution in [3.8, 4) is 0 Å². The molecule has 0 aromatic heterocycles. The van der Waals surface area contributed by atoms with E-state index in [1.54, 1.807) is 6.08 Å². The van der Waals surface area contributed by atoms with Gasteiger partial charge in [0.05, 0.1) is 25.6 Å². The van der Waals surface area contributed by atoms with Crippen molar-refractivity contribution in [3.05, 3.63) is 12.0 Å². The molecule has 0 radical (unpaired) electrons. The van der Waals surface area contributed by atoms with Gasteiger partial charge in [-0.3, -0.25) is 0 Å². The summed E-state index contributed by atoms with van der Waals surface area (Å²) in [5.41, 5.74) is 0. The summed E-state index contributed by atoms with van der Waals surface area (Å²) in [6.45, 7) is 3.69. The minimum absolute atomic E-state index is 0.168. The van der Waals surface area contributed by atoms with E-state index in [1.165, 1.54) is 7.11 Å². The number of hydrogen-bond donors (Lipinski definition) is 1. The SMILES string of the molecule is CO/C([O-])=C\C[N+]12CCC(CC1)C(O)C2. The molecule has 0 saturated carbocycles. The van der Waals surface area contributed by atoms with Crippen LogP contribution in [0.3, 0.4) is 0 Å². The Labute approximate surface area is 90.4 Å². The molecular weight excluding hydrogens is 194 g/mol. The molecule has 3 heterocycles. The first-order valence-corrected chi connectivity index (χ1v) is 5.59. The van der Waals surface area contributed by atoms with Gasteiger partial charge in [0.25, 0.3) is 0 Å². The number of fused-ring (bicyclic) bond motifs is 3. The van der Waals surface area contributed by atoms with Crippen molar-refractivity contribution in [2.45, 2.75) is 18.9 Å². The Bertz CT molecular complexity index is 257. The van der Waals surface area contributed by atoms with Crippen molar-refractivity contribution in [1.82, 2.24) is 0 Å². The number of ether oxygens (including phenoxy) is 1. The number of quaternary nitrogens is 1. The molecule has 0 aromatic carbocycles. The quantitative estimate of drug-likeness (QED) is 0.505. The number of hydrogen-bond acceptors (Lipinski definition) is 3. The number of piperidine rings is 3. The van der Waals surface area contributed by atoms with E-state index in [1.807, 2.05) is 0 Å². The van der Waals surface area contributed by atoms with Crippen LogP contribution in [-0.2, 0) is 4.74 Å². The molecular formula is C11H19NO3. The lowest BCUT2D eigenvalue weighted by Crippen LogP contribution is -2.63. The van der Waals surface area contributed by atoms with Crippen LogP contribution in [0.2, 0.25) is 0 Å². The molecule has 1 atom stereocenters. The van der Waals surface area contributed by atoms with Gasteiger partial charge in [0, 0.05) is 18.8 Å². The Morgan fingerprint density at radius 2 is 2.20 bits per heavy atom. The van der Waals surface area contributed by atoms with Crippen LogP contribution in [0.1, 0.15) is 12.8 Å². The van der Waals surface area contributed by atoms with Gasteiger partial charge in [0.2, 0.25) is 0 Å². The van der Waals surface area contributed by atoms with Crippen LogP contribution in [0.5, 0.6) is 0 Å². The van der Waals surface area contributed by atoms with Crippen molar-refractivity contribution in [2.75, 3.05) is 33.3 Å². The molecule has 0 aromatic rings. The lowest BCUT2D eigenvalue weighted by molar-refractivity contribution is -0.941. The molecule has 0 amide bonds. The highest BCUT2D eigenvalue weighted by atomic mass is 16.6. The van der Waals surface area contributed by atoms with E-state index < -0.39 is 0 Å². The zero-order valence-corrected chi connectivity index (χ0v) is 9.19. The minimum atomic E-state index is -0.260. The number of aliphatic hydroxyl groups is 1. The number of methoxy groups -OCH3 is 1. The first kappa shape index (κ1) is 10.8. The van der Waals surface area contributed by atoms with E-state index in [9.17, 15) is 10.2 Å². The van der Waals surface area contributed by atoms with Gasteiger partial charge in [-0.15, -0.1) is 0 Å². The van der Waals surface area contributed by atoms with E-state index >= 15 is 0 Å². The third-order valence-corrected chi connectivity index (χ3v) is 3.91. The molecule has 4 nitrogen and oxygen atoms in total. The maximum Gasteiger partial charge on any atom is 0.106 e. The Morgan fingerprint density at radius 3 is 2.73 bits per heavy atom. The van der Waals surface area contributed by atoms with E-state index in [0.717, 1.165) is 37.0 Å². The maximum absolute atomic E-state index is 11.1. The van der Waals surface area contributed by atoms with Crippen molar-refractivity contribution in [3.63, 3.8) is 0 Å². The van der Waals surface area contributed by atoms with Crippen LogP contribution in [0, 0.1) is 5.92 Å². The summed E-state index contributed by atoms with van der Waals surface area (Å²) in [6, 6.07) is 0. The fourth-order valence-electron chi connectivity index (χ4n) is 2.86. The van der Waals surface area contributed by atoms with E-state index in [2.05, 4.69) is 4.74 Å². The van der Waals surface area contributed by atoms with Gasteiger partial charge in [0.1, 0.15) is 12.6 Å². The molecule has 1 unspecified atom stereocenters. The van der Waals surface area contributed by atoms with E-state index in [0.29, 0.717) is 12.5 Å². The maximum atomic E-state index is 11.1. The second-order valence-electron chi connectivity index (χ2n) is 4.79. The predicted molar refractivity (Wildman–Crippen MR) is 53.6 cm³/mol. The summed E-state index contributed by atoms with van der Waals surface area (Å²) in [7, 11) is 1.40. The molecule has 3 aliphatic heterocycles. The van der Waals surface area contributed by atoms with Crippen molar-refractivity contribution in [1.29, 1.82) is 0 Å². The number of rotatable bonds is 3. The second kappa shape index (κ2) is 4.02. The highest BCUT2D eigenvalue weighted by molar-refractivity contribution is 4.85. The normalized spacial score (nSPS) is 40.5. The average molecular weight is 213 g/mol. The fraction of sp³-hybridized carbons (Fsp3) is 0.818. The second-order valence-corrected chi connectivity index (χ2v) is 4.79. The Morgan fingerprint density at radius 1 is 1.53 bits per heavy atom. The van der Waals surface area contributed by atoms with Crippen LogP contribution in [-0.4, -0.2) is 49.0 Å². The summed E-state index contributed by atoms with van der Waals surface area (Å²) < 4.78 is 5.47. The van der Waals surface area contributed by atoms with Gasteiger partial charge >= 0.3 is 0 Å². The summed E-state index contributed by atoms with van der Waals surface area (Å²) in [5.74, 6) is 0.243. The highest BCUT2D eigenvalue weighted by Gasteiger charge is 2.44. The van der Waals surface area contributed by atoms with Crippen LogP contribution in [0.4, 0.5) is 0 Å². The monoisotopic (exact) mass is 213 g/mol. The van der Waals surface area contributed by atoms with Gasteiger partial charge in [-0.25, -0.2) is 0 Å². The lowest BCUT2D eigenvalue weighted by atomic mass is 9.83. The highest BCUT2D eigenvalue weighted by Crippen LogP contribution is 2.33. The molecule has 3 fully saturated rings.